The lowest BCUT2D eigenvalue weighted by atomic mass is 10.2. The molecule has 0 bridgehead atoms. The maximum atomic E-state index is 13.1. The minimum absolute atomic E-state index is 0.0716. The number of ether oxygens (including phenoxy) is 2. The SMILES string of the molecule is COc1ccc2c(c1)c1c(c(=O)n(CC3CCCO3)c(=O)n1C)n2C. The zero-order valence-electron chi connectivity index (χ0n) is 14.6. The molecule has 0 amide bonds. The molecule has 0 saturated carbocycles. The average molecular weight is 343 g/mol. The van der Waals surface area contributed by atoms with Crippen molar-refractivity contribution in [3.05, 3.63) is 39.0 Å². The van der Waals surface area contributed by atoms with Gasteiger partial charge in [0, 0.05) is 26.1 Å². The first-order valence-corrected chi connectivity index (χ1v) is 8.40. The van der Waals surface area contributed by atoms with E-state index in [0.717, 1.165) is 23.7 Å². The van der Waals surface area contributed by atoms with Crippen molar-refractivity contribution < 1.29 is 9.47 Å². The van der Waals surface area contributed by atoms with Gasteiger partial charge in [-0.15, -0.1) is 0 Å². The summed E-state index contributed by atoms with van der Waals surface area (Å²) >= 11 is 0. The van der Waals surface area contributed by atoms with Crippen LogP contribution in [0.5, 0.6) is 5.75 Å². The first kappa shape index (κ1) is 16.0. The molecule has 1 unspecified atom stereocenters. The highest BCUT2D eigenvalue weighted by molar-refractivity contribution is 6.06. The molecule has 1 aromatic carbocycles. The van der Waals surface area contributed by atoms with Crippen molar-refractivity contribution >= 4 is 21.9 Å². The fourth-order valence-corrected chi connectivity index (χ4v) is 3.76. The van der Waals surface area contributed by atoms with Gasteiger partial charge in [-0.3, -0.25) is 13.9 Å². The first-order valence-electron chi connectivity index (χ1n) is 8.40. The summed E-state index contributed by atoms with van der Waals surface area (Å²) < 4.78 is 15.6. The van der Waals surface area contributed by atoms with E-state index in [0.29, 0.717) is 29.9 Å². The Bertz CT molecular complexity index is 1080. The zero-order chi connectivity index (χ0) is 17.7. The molecule has 25 heavy (non-hydrogen) atoms. The van der Waals surface area contributed by atoms with Crippen molar-refractivity contribution in [2.75, 3.05) is 13.7 Å². The first-order chi connectivity index (χ1) is 12.0. The predicted molar refractivity (Wildman–Crippen MR) is 95.5 cm³/mol. The summed E-state index contributed by atoms with van der Waals surface area (Å²) in [7, 11) is 5.15. The largest absolute Gasteiger partial charge is 0.497 e. The Kier molecular flexibility index (Phi) is 3.68. The van der Waals surface area contributed by atoms with Gasteiger partial charge in [-0.2, -0.15) is 0 Å². The number of hydrogen-bond donors (Lipinski definition) is 0. The van der Waals surface area contributed by atoms with Crippen LogP contribution in [0.2, 0.25) is 0 Å². The smallest absolute Gasteiger partial charge is 0.331 e. The molecular formula is C18H21N3O4. The van der Waals surface area contributed by atoms with Gasteiger partial charge in [-0.25, -0.2) is 4.79 Å². The monoisotopic (exact) mass is 343 g/mol. The van der Waals surface area contributed by atoms with Gasteiger partial charge in [0.05, 0.1) is 30.8 Å². The fraction of sp³-hybridized carbons (Fsp3) is 0.444. The van der Waals surface area contributed by atoms with Gasteiger partial charge in [0.1, 0.15) is 11.3 Å². The number of aromatic nitrogens is 3. The Morgan fingerprint density at radius 3 is 2.68 bits per heavy atom. The van der Waals surface area contributed by atoms with E-state index >= 15 is 0 Å². The van der Waals surface area contributed by atoms with Crippen molar-refractivity contribution in [1.29, 1.82) is 0 Å². The third-order valence-electron chi connectivity index (χ3n) is 5.09. The molecule has 3 heterocycles. The molecule has 132 valence electrons. The third kappa shape index (κ3) is 2.30. The van der Waals surface area contributed by atoms with Crippen molar-refractivity contribution in [2.45, 2.75) is 25.5 Å². The summed E-state index contributed by atoms with van der Waals surface area (Å²) in [6.07, 6.45) is 1.77. The second kappa shape index (κ2) is 5.77. The molecule has 4 rings (SSSR count). The van der Waals surface area contributed by atoms with E-state index in [1.165, 1.54) is 4.57 Å². The number of rotatable bonds is 3. The number of nitrogens with zero attached hydrogens (tertiary/aromatic N) is 3. The molecule has 1 aliphatic heterocycles. The van der Waals surface area contributed by atoms with Crippen LogP contribution >= 0.6 is 0 Å². The molecule has 7 heteroatoms. The lowest BCUT2D eigenvalue weighted by Crippen LogP contribution is -2.41. The van der Waals surface area contributed by atoms with E-state index in [1.807, 2.05) is 29.8 Å². The maximum absolute atomic E-state index is 13.1. The van der Waals surface area contributed by atoms with E-state index in [1.54, 1.807) is 18.7 Å². The topological polar surface area (TPSA) is 67.4 Å². The molecule has 0 aliphatic carbocycles. The van der Waals surface area contributed by atoms with E-state index in [-0.39, 0.29) is 17.4 Å². The van der Waals surface area contributed by atoms with Crippen molar-refractivity contribution in [3.63, 3.8) is 0 Å². The van der Waals surface area contributed by atoms with Gasteiger partial charge >= 0.3 is 5.69 Å². The Balaban J connectivity index is 2.05. The van der Waals surface area contributed by atoms with Crippen LogP contribution in [0.15, 0.2) is 27.8 Å². The molecule has 0 spiro atoms. The molecule has 1 atom stereocenters. The summed E-state index contributed by atoms with van der Waals surface area (Å²) in [4.78, 5) is 25.9. The average Bonchev–Trinajstić information content (AvgIpc) is 3.23. The van der Waals surface area contributed by atoms with Crippen LogP contribution in [0.3, 0.4) is 0 Å². The highest BCUT2D eigenvalue weighted by Gasteiger charge is 2.22. The standard InChI is InChI=1S/C18H21N3O4/c1-19-14-7-6-11(24-3)9-13(14)15-16(19)17(22)21(18(23)20(15)2)10-12-5-4-8-25-12/h6-7,9,12H,4-5,8,10H2,1-3H3. The highest BCUT2D eigenvalue weighted by atomic mass is 16.5. The fourth-order valence-electron chi connectivity index (χ4n) is 3.76. The van der Waals surface area contributed by atoms with E-state index < -0.39 is 0 Å². The van der Waals surface area contributed by atoms with Gasteiger partial charge in [-0.1, -0.05) is 0 Å². The molecular weight excluding hydrogens is 322 g/mol. The second-order valence-electron chi connectivity index (χ2n) is 6.53. The maximum Gasteiger partial charge on any atom is 0.331 e. The number of methoxy groups -OCH3 is 1. The molecule has 2 aromatic heterocycles. The Labute approximate surface area is 144 Å². The third-order valence-corrected chi connectivity index (χ3v) is 5.09. The van der Waals surface area contributed by atoms with Crippen LogP contribution in [-0.4, -0.2) is 33.5 Å². The van der Waals surface area contributed by atoms with Crippen LogP contribution in [0, 0.1) is 0 Å². The van der Waals surface area contributed by atoms with E-state index in [2.05, 4.69) is 0 Å². The van der Waals surface area contributed by atoms with Gasteiger partial charge in [0.15, 0.2) is 0 Å². The van der Waals surface area contributed by atoms with Crippen molar-refractivity contribution in [1.82, 2.24) is 13.7 Å². The zero-order valence-corrected chi connectivity index (χ0v) is 14.6. The van der Waals surface area contributed by atoms with Crippen molar-refractivity contribution in [2.24, 2.45) is 14.1 Å². The van der Waals surface area contributed by atoms with E-state index in [4.69, 9.17) is 9.47 Å². The molecule has 1 saturated heterocycles. The minimum atomic E-state index is -0.316. The Morgan fingerprint density at radius 1 is 1.20 bits per heavy atom. The number of benzene rings is 1. The van der Waals surface area contributed by atoms with Crippen LogP contribution in [0.1, 0.15) is 12.8 Å². The second-order valence-corrected chi connectivity index (χ2v) is 6.53. The molecule has 0 radical (unpaired) electrons. The summed E-state index contributed by atoms with van der Waals surface area (Å²) in [6, 6.07) is 5.62. The number of fused-ring (bicyclic) bond motifs is 3. The summed E-state index contributed by atoms with van der Waals surface area (Å²) in [6.45, 7) is 0.988. The lowest BCUT2D eigenvalue weighted by Gasteiger charge is -2.13. The van der Waals surface area contributed by atoms with E-state index in [9.17, 15) is 9.59 Å². The molecule has 7 nitrogen and oxygen atoms in total. The summed E-state index contributed by atoms with van der Waals surface area (Å²) in [5.41, 5.74) is 1.45. The summed E-state index contributed by atoms with van der Waals surface area (Å²) in [5.74, 6) is 0.691. The van der Waals surface area contributed by atoms with Gasteiger partial charge in [-0.05, 0) is 31.0 Å². The lowest BCUT2D eigenvalue weighted by molar-refractivity contribution is 0.0949. The van der Waals surface area contributed by atoms with Crippen molar-refractivity contribution in [3.8, 4) is 5.75 Å². The molecule has 3 aromatic rings. The van der Waals surface area contributed by atoms with Crippen LogP contribution in [-0.2, 0) is 25.4 Å². The normalized spacial score (nSPS) is 17.6. The van der Waals surface area contributed by atoms with Gasteiger partial charge < -0.3 is 14.0 Å². The molecule has 1 aliphatic rings. The van der Waals surface area contributed by atoms with Crippen LogP contribution in [0.25, 0.3) is 21.9 Å². The molecule has 1 fully saturated rings. The Morgan fingerprint density at radius 2 is 2.00 bits per heavy atom. The highest BCUT2D eigenvalue weighted by Crippen LogP contribution is 2.28. The predicted octanol–water partition coefficient (Wildman–Crippen LogP) is 1.38. The van der Waals surface area contributed by atoms with Crippen LogP contribution < -0.4 is 16.0 Å². The van der Waals surface area contributed by atoms with Gasteiger partial charge in [0.2, 0.25) is 0 Å². The molecule has 0 N–H and O–H groups in total. The minimum Gasteiger partial charge on any atom is -0.497 e. The van der Waals surface area contributed by atoms with Gasteiger partial charge in [0.25, 0.3) is 5.56 Å². The number of aryl methyl sites for hydroxylation is 2. The van der Waals surface area contributed by atoms with Crippen LogP contribution in [0.4, 0.5) is 0 Å². The quantitative estimate of drug-likeness (QED) is 0.721. The Hall–Kier alpha value is -2.54. The summed E-state index contributed by atoms with van der Waals surface area (Å²) in [5, 5.41) is 0.831. The number of hydrogen-bond acceptors (Lipinski definition) is 4.